The number of rotatable bonds is 5. The van der Waals surface area contributed by atoms with Crippen molar-refractivity contribution in [1.82, 2.24) is 20.4 Å². The zero-order valence-electron chi connectivity index (χ0n) is 19.6. The molecule has 0 radical (unpaired) electrons. The molecule has 3 aromatic rings. The standard InChI is InChI=1S/C26H21F2N7O2/c1-16-15-34-22(21(14-32-34)23(36)33-19-9-5-6-17(10-19)11-29)24(37)35(16)20-12-30-25(31-13-20)26(27,28)18-7-3-2-4-8-18/h2-10,12-13,15,21-22,32H,14H2,1H3,(H,33,36)/t21-,22?/m0/s1. The van der Waals surface area contributed by atoms with E-state index in [0.29, 0.717) is 16.9 Å². The second kappa shape index (κ2) is 9.40. The summed E-state index contributed by atoms with van der Waals surface area (Å²) in [4.78, 5) is 35.7. The number of hydrogen-bond donors (Lipinski definition) is 2. The van der Waals surface area contributed by atoms with Gasteiger partial charge in [-0.15, -0.1) is 0 Å². The van der Waals surface area contributed by atoms with E-state index in [9.17, 15) is 18.4 Å². The number of nitriles is 1. The van der Waals surface area contributed by atoms with Crippen LogP contribution < -0.4 is 15.6 Å². The number of benzene rings is 2. The summed E-state index contributed by atoms with van der Waals surface area (Å²) in [5.74, 6) is -5.68. The number of aromatic nitrogens is 2. The molecular weight excluding hydrogens is 480 g/mol. The fourth-order valence-corrected chi connectivity index (χ4v) is 4.43. The monoisotopic (exact) mass is 501 g/mol. The largest absolute Gasteiger partial charge is 0.331 e. The number of allylic oxidation sites excluding steroid dienone is 1. The molecule has 2 aliphatic heterocycles. The number of nitrogens with one attached hydrogen (secondary N) is 2. The predicted octanol–water partition coefficient (Wildman–Crippen LogP) is 3.14. The van der Waals surface area contributed by atoms with E-state index in [1.165, 1.54) is 41.6 Å². The van der Waals surface area contributed by atoms with E-state index in [0.717, 1.165) is 0 Å². The number of alkyl halides is 2. The van der Waals surface area contributed by atoms with Crippen LogP contribution in [0.2, 0.25) is 0 Å². The van der Waals surface area contributed by atoms with Crippen LogP contribution in [0, 0.1) is 17.2 Å². The Morgan fingerprint density at radius 3 is 2.59 bits per heavy atom. The first-order valence-electron chi connectivity index (χ1n) is 11.4. The lowest BCUT2D eigenvalue weighted by Crippen LogP contribution is -2.53. The first kappa shape index (κ1) is 24.0. The molecule has 0 bridgehead atoms. The highest BCUT2D eigenvalue weighted by Gasteiger charge is 2.47. The van der Waals surface area contributed by atoms with Crippen LogP contribution in [0.3, 0.4) is 0 Å². The number of amides is 2. The second-order valence-electron chi connectivity index (χ2n) is 8.65. The number of carbonyl (C=O) groups is 2. The third-order valence-electron chi connectivity index (χ3n) is 6.24. The molecule has 2 aliphatic rings. The van der Waals surface area contributed by atoms with E-state index in [2.05, 4.69) is 20.7 Å². The SMILES string of the molecule is CC1=CN2NC[C@H](C(=O)Nc3cccc(C#N)c3)C2C(=O)N1c1cnc(C(F)(F)c2ccccc2)nc1. The van der Waals surface area contributed by atoms with Gasteiger partial charge >= 0.3 is 5.92 Å². The van der Waals surface area contributed by atoms with Gasteiger partial charge in [-0.3, -0.25) is 14.5 Å². The van der Waals surface area contributed by atoms with E-state index >= 15 is 0 Å². The minimum absolute atomic E-state index is 0.205. The van der Waals surface area contributed by atoms with Crippen molar-refractivity contribution < 1.29 is 18.4 Å². The van der Waals surface area contributed by atoms with Crippen LogP contribution in [0.1, 0.15) is 23.9 Å². The van der Waals surface area contributed by atoms with Gasteiger partial charge < -0.3 is 10.3 Å². The van der Waals surface area contributed by atoms with Crippen molar-refractivity contribution in [2.24, 2.45) is 5.92 Å². The Hall–Kier alpha value is -4.69. The van der Waals surface area contributed by atoms with Gasteiger partial charge in [-0.1, -0.05) is 36.4 Å². The van der Waals surface area contributed by atoms with E-state index in [1.807, 2.05) is 6.07 Å². The summed E-state index contributed by atoms with van der Waals surface area (Å²) in [5, 5.41) is 13.4. The molecule has 2 amide bonds. The van der Waals surface area contributed by atoms with Crippen LogP contribution in [-0.2, 0) is 15.5 Å². The lowest BCUT2D eigenvalue weighted by molar-refractivity contribution is -0.129. The maximum atomic E-state index is 14.9. The minimum Gasteiger partial charge on any atom is -0.326 e. The molecule has 186 valence electrons. The van der Waals surface area contributed by atoms with Crippen molar-refractivity contribution in [2.75, 3.05) is 16.8 Å². The van der Waals surface area contributed by atoms with E-state index < -0.39 is 35.5 Å². The average Bonchev–Trinajstić information content (AvgIpc) is 3.34. The first-order valence-corrected chi connectivity index (χ1v) is 11.4. The van der Waals surface area contributed by atoms with Gasteiger partial charge in [0.05, 0.1) is 35.6 Å². The smallest absolute Gasteiger partial charge is 0.326 e. The van der Waals surface area contributed by atoms with Gasteiger partial charge in [-0.25, -0.2) is 15.4 Å². The fourth-order valence-electron chi connectivity index (χ4n) is 4.43. The van der Waals surface area contributed by atoms with Gasteiger partial charge in [-0.05, 0) is 25.1 Å². The number of carbonyl (C=O) groups excluding carboxylic acids is 2. The lowest BCUT2D eigenvalue weighted by atomic mass is 9.97. The van der Waals surface area contributed by atoms with Crippen molar-refractivity contribution in [3.63, 3.8) is 0 Å². The van der Waals surface area contributed by atoms with E-state index in [4.69, 9.17) is 5.26 Å². The Morgan fingerprint density at radius 1 is 1.16 bits per heavy atom. The molecule has 3 heterocycles. The molecule has 1 unspecified atom stereocenters. The minimum atomic E-state index is -3.41. The molecule has 2 aromatic carbocycles. The normalized spacial score (nSPS) is 19.2. The third-order valence-corrected chi connectivity index (χ3v) is 6.24. The number of nitrogens with zero attached hydrogens (tertiary/aromatic N) is 5. The highest BCUT2D eigenvalue weighted by atomic mass is 19.3. The Kier molecular flexibility index (Phi) is 6.11. The van der Waals surface area contributed by atoms with E-state index in [1.54, 1.807) is 48.5 Å². The molecule has 37 heavy (non-hydrogen) atoms. The number of halogens is 2. The van der Waals surface area contributed by atoms with Crippen molar-refractivity contribution in [3.05, 3.63) is 95.8 Å². The molecule has 0 spiro atoms. The summed E-state index contributed by atoms with van der Waals surface area (Å²) in [5.41, 5.74) is 4.35. The highest BCUT2D eigenvalue weighted by molar-refractivity contribution is 6.05. The predicted molar refractivity (Wildman–Crippen MR) is 130 cm³/mol. The molecule has 9 nitrogen and oxygen atoms in total. The molecule has 2 atom stereocenters. The van der Waals surface area contributed by atoms with Gasteiger partial charge in [0.2, 0.25) is 11.7 Å². The number of hydrazine groups is 1. The van der Waals surface area contributed by atoms with Gasteiger partial charge in [-0.2, -0.15) is 14.0 Å². The van der Waals surface area contributed by atoms with Crippen LogP contribution in [-0.4, -0.2) is 39.4 Å². The summed E-state index contributed by atoms with van der Waals surface area (Å²) in [6, 6.07) is 14.8. The molecule has 1 aromatic heterocycles. The average molecular weight is 501 g/mol. The van der Waals surface area contributed by atoms with Crippen LogP contribution >= 0.6 is 0 Å². The quantitative estimate of drug-likeness (QED) is 0.552. The number of hydrogen-bond acceptors (Lipinski definition) is 7. The molecule has 0 aliphatic carbocycles. The summed E-state index contributed by atoms with van der Waals surface area (Å²) >= 11 is 0. The second-order valence-corrected chi connectivity index (χ2v) is 8.65. The molecule has 2 N–H and O–H groups in total. The molecule has 0 saturated carbocycles. The molecule has 1 fully saturated rings. The van der Waals surface area contributed by atoms with Crippen molar-refractivity contribution >= 4 is 23.2 Å². The maximum absolute atomic E-state index is 14.9. The maximum Gasteiger partial charge on any atom is 0.331 e. The highest BCUT2D eigenvalue weighted by Crippen LogP contribution is 2.35. The zero-order valence-corrected chi connectivity index (χ0v) is 19.6. The van der Waals surface area contributed by atoms with Gasteiger partial charge in [0, 0.05) is 29.7 Å². The molecule has 1 saturated heterocycles. The number of anilines is 2. The van der Waals surface area contributed by atoms with Crippen molar-refractivity contribution in [1.29, 1.82) is 5.26 Å². The van der Waals surface area contributed by atoms with Crippen LogP contribution in [0.5, 0.6) is 0 Å². The van der Waals surface area contributed by atoms with Crippen molar-refractivity contribution in [2.45, 2.75) is 18.9 Å². The topological polar surface area (TPSA) is 114 Å². The van der Waals surface area contributed by atoms with Crippen molar-refractivity contribution in [3.8, 4) is 6.07 Å². The fraction of sp³-hybridized carbons (Fsp3) is 0.192. The Balaban J connectivity index is 1.38. The Bertz CT molecular complexity index is 1420. The first-order chi connectivity index (χ1) is 17.8. The summed E-state index contributed by atoms with van der Waals surface area (Å²) < 4.78 is 29.7. The summed E-state index contributed by atoms with van der Waals surface area (Å²) in [7, 11) is 0. The third kappa shape index (κ3) is 4.39. The van der Waals surface area contributed by atoms with Crippen LogP contribution in [0.25, 0.3) is 0 Å². The van der Waals surface area contributed by atoms with Gasteiger partial charge in [0.1, 0.15) is 6.04 Å². The molecular formula is C26H21F2N7O2. The summed E-state index contributed by atoms with van der Waals surface area (Å²) in [6.45, 7) is 1.89. The van der Waals surface area contributed by atoms with Crippen LogP contribution in [0.15, 0.2) is 78.9 Å². The Morgan fingerprint density at radius 2 is 1.89 bits per heavy atom. The Labute approximate surface area is 211 Å². The zero-order chi connectivity index (χ0) is 26.2. The van der Waals surface area contributed by atoms with Crippen LogP contribution in [0.4, 0.5) is 20.2 Å². The van der Waals surface area contributed by atoms with Gasteiger partial charge in [0.15, 0.2) is 0 Å². The summed E-state index contributed by atoms with van der Waals surface area (Å²) in [6.07, 6.45) is 4.02. The lowest BCUT2D eigenvalue weighted by Gasteiger charge is -2.36. The van der Waals surface area contributed by atoms with E-state index in [-0.39, 0.29) is 17.8 Å². The van der Waals surface area contributed by atoms with Gasteiger partial charge in [0.25, 0.3) is 5.91 Å². The number of fused-ring (bicyclic) bond motifs is 1. The molecule has 11 heteroatoms. The molecule has 5 rings (SSSR count).